The summed E-state index contributed by atoms with van der Waals surface area (Å²) in [5, 5.41) is 0. The second kappa shape index (κ2) is 5.37. The van der Waals surface area contributed by atoms with Crippen LogP contribution in [-0.4, -0.2) is 21.8 Å². The third-order valence-electron chi connectivity index (χ3n) is 4.58. The van der Waals surface area contributed by atoms with Gasteiger partial charge < -0.3 is 4.90 Å². The highest BCUT2D eigenvalue weighted by Crippen LogP contribution is 2.35. The first kappa shape index (κ1) is 15.0. The molecule has 4 aromatic rings. The zero-order valence-electron chi connectivity index (χ0n) is 13.7. The minimum absolute atomic E-state index is 0.169. The maximum absolute atomic E-state index is 13.1. The Morgan fingerprint density at radius 3 is 2.69 bits per heavy atom. The Labute approximate surface area is 152 Å². The standard InChI is InChI=1S/C20H13N3O2S/c1-2-11-22-14-9-5-3-7-12(14)16(18(22)24)17-19(25)23-15-10-6-4-8-13(15)21-20(23)26-17/h2-10H,1,11H2/b17-16-. The van der Waals surface area contributed by atoms with Crippen LogP contribution in [0.3, 0.4) is 0 Å². The Morgan fingerprint density at radius 1 is 1.08 bits per heavy atom. The van der Waals surface area contributed by atoms with E-state index in [0.717, 1.165) is 22.3 Å². The number of rotatable bonds is 2. The third-order valence-corrected chi connectivity index (χ3v) is 5.62. The number of aromatic nitrogens is 2. The molecular weight excluding hydrogens is 346 g/mol. The van der Waals surface area contributed by atoms with Crippen molar-refractivity contribution in [2.45, 2.75) is 0 Å². The van der Waals surface area contributed by atoms with Crippen molar-refractivity contribution in [3.63, 3.8) is 0 Å². The minimum atomic E-state index is -0.197. The first-order valence-corrected chi connectivity index (χ1v) is 8.99. The molecule has 3 heterocycles. The number of thiazole rings is 1. The van der Waals surface area contributed by atoms with Gasteiger partial charge in [0.05, 0.1) is 22.3 Å². The lowest BCUT2D eigenvalue weighted by atomic mass is 10.1. The number of imidazole rings is 1. The number of amides is 1. The zero-order valence-corrected chi connectivity index (χ0v) is 14.5. The highest BCUT2D eigenvalue weighted by Gasteiger charge is 2.33. The molecular formula is C20H13N3O2S. The van der Waals surface area contributed by atoms with Gasteiger partial charge in [-0.25, -0.2) is 9.38 Å². The van der Waals surface area contributed by atoms with E-state index in [-0.39, 0.29) is 11.5 Å². The summed E-state index contributed by atoms with van der Waals surface area (Å²) < 4.78 is 2.02. The van der Waals surface area contributed by atoms with Crippen LogP contribution in [0, 0.1) is 0 Å². The summed E-state index contributed by atoms with van der Waals surface area (Å²) in [7, 11) is 0. The summed E-state index contributed by atoms with van der Waals surface area (Å²) in [5.41, 5.74) is 3.38. The zero-order chi connectivity index (χ0) is 17.8. The van der Waals surface area contributed by atoms with Crippen LogP contribution in [0.1, 0.15) is 5.56 Å². The lowest BCUT2D eigenvalue weighted by molar-refractivity contribution is -0.112. The van der Waals surface area contributed by atoms with Crippen LogP contribution in [0.25, 0.3) is 21.6 Å². The van der Waals surface area contributed by atoms with E-state index >= 15 is 0 Å². The number of carbonyl (C=O) groups excluding carboxylic acids is 1. The first-order chi connectivity index (χ1) is 12.7. The van der Waals surface area contributed by atoms with Gasteiger partial charge in [0.1, 0.15) is 4.53 Å². The molecule has 0 saturated heterocycles. The maximum atomic E-state index is 13.1. The Hall–Kier alpha value is -3.25. The van der Waals surface area contributed by atoms with Gasteiger partial charge in [-0.15, -0.1) is 6.58 Å². The molecule has 6 heteroatoms. The lowest BCUT2D eigenvalue weighted by Gasteiger charge is -2.13. The van der Waals surface area contributed by atoms with E-state index in [0.29, 0.717) is 21.6 Å². The van der Waals surface area contributed by atoms with Gasteiger partial charge in [-0.05, 0) is 18.2 Å². The summed E-state index contributed by atoms with van der Waals surface area (Å²) in [5.74, 6) is -0.169. The van der Waals surface area contributed by atoms with Gasteiger partial charge in [-0.1, -0.05) is 47.7 Å². The van der Waals surface area contributed by atoms with Gasteiger partial charge >= 0.3 is 0 Å². The van der Waals surface area contributed by atoms with E-state index < -0.39 is 0 Å². The molecule has 0 saturated carbocycles. The first-order valence-electron chi connectivity index (χ1n) is 8.17. The maximum Gasteiger partial charge on any atom is 0.275 e. The SMILES string of the molecule is C=CCN1C(=O)/C(=c2\sc3nc4ccccc4n3c2=O)c2ccccc21. The van der Waals surface area contributed by atoms with Crippen molar-refractivity contribution in [2.75, 3.05) is 11.4 Å². The van der Waals surface area contributed by atoms with E-state index in [4.69, 9.17) is 0 Å². The Balaban J connectivity index is 1.90. The smallest absolute Gasteiger partial charge is 0.275 e. The van der Waals surface area contributed by atoms with Crippen LogP contribution < -0.4 is 15.0 Å². The van der Waals surface area contributed by atoms with E-state index in [1.807, 2.05) is 48.5 Å². The predicted molar refractivity (Wildman–Crippen MR) is 104 cm³/mol. The van der Waals surface area contributed by atoms with Crippen molar-refractivity contribution in [1.82, 2.24) is 9.38 Å². The monoisotopic (exact) mass is 359 g/mol. The molecule has 0 aliphatic carbocycles. The topological polar surface area (TPSA) is 54.7 Å². The molecule has 26 heavy (non-hydrogen) atoms. The molecule has 1 aliphatic heterocycles. The van der Waals surface area contributed by atoms with Crippen LogP contribution in [-0.2, 0) is 4.79 Å². The van der Waals surface area contributed by atoms with Gasteiger partial charge in [-0.3, -0.25) is 9.59 Å². The molecule has 1 aliphatic rings. The average molecular weight is 359 g/mol. The third kappa shape index (κ3) is 1.87. The second-order valence-corrected chi connectivity index (χ2v) is 7.03. The number of para-hydroxylation sites is 3. The van der Waals surface area contributed by atoms with Gasteiger partial charge in [-0.2, -0.15) is 0 Å². The molecule has 1 amide bonds. The lowest BCUT2D eigenvalue weighted by Crippen LogP contribution is -2.32. The van der Waals surface area contributed by atoms with Gasteiger partial charge in [0.15, 0.2) is 4.96 Å². The highest BCUT2D eigenvalue weighted by atomic mass is 32.1. The van der Waals surface area contributed by atoms with Crippen molar-refractivity contribution >= 4 is 44.5 Å². The van der Waals surface area contributed by atoms with Crippen molar-refractivity contribution in [2.24, 2.45) is 0 Å². The molecule has 0 radical (unpaired) electrons. The molecule has 2 aromatic carbocycles. The van der Waals surface area contributed by atoms with Gasteiger partial charge in [0, 0.05) is 12.1 Å². The van der Waals surface area contributed by atoms with E-state index in [1.54, 1.807) is 15.4 Å². The minimum Gasteiger partial charge on any atom is -0.304 e. The molecule has 2 aromatic heterocycles. The number of fused-ring (bicyclic) bond motifs is 4. The van der Waals surface area contributed by atoms with Crippen molar-refractivity contribution in [3.05, 3.63) is 81.6 Å². The van der Waals surface area contributed by atoms with Gasteiger partial charge in [0.2, 0.25) is 0 Å². The summed E-state index contributed by atoms with van der Waals surface area (Å²) in [6.07, 6.45) is 1.68. The second-order valence-electron chi connectivity index (χ2n) is 6.05. The molecule has 0 bridgehead atoms. The number of anilines is 1. The van der Waals surface area contributed by atoms with Crippen LogP contribution >= 0.6 is 11.3 Å². The van der Waals surface area contributed by atoms with Crippen LogP contribution in [0.15, 0.2) is 66.0 Å². The number of nitrogens with zero attached hydrogens (tertiary/aromatic N) is 3. The highest BCUT2D eigenvalue weighted by molar-refractivity contribution is 7.15. The molecule has 0 N–H and O–H groups in total. The predicted octanol–water partition coefficient (Wildman–Crippen LogP) is 2.36. The van der Waals surface area contributed by atoms with E-state index in [9.17, 15) is 9.59 Å². The largest absolute Gasteiger partial charge is 0.304 e. The number of hydrogen-bond acceptors (Lipinski definition) is 4. The fraction of sp³-hybridized carbons (Fsp3) is 0.0500. The summed E-state index contributed by atoms with van der Waals surface area (Å²) in [6, 6.07) is 15.1. The van der Waals surface area contributed by atoms with Crippen molar-refractivity contribution < 1.29 is 4.79 Å². The Morgan fingerprint density at radius 2 is 1.85 bits per heavy atom. The number of carbonyl (C=O) groups is 1. The van der Waals surface area contributed by atoms with E-state index in [1.165, 1.54) is 11.3 Å². The van der Waals surface area contributed by atoms with Crippen molar-refractivity contribution in [1.29, 1.82) is 0 Å². The summed E-state index contributed by atoms with van der Waals surface area (Å²) >= 11 is 1.26. The van der Waals surface area contributed by atoms with Crippen LogP contribution in [0.4, 0.5) is 5.69 Å². The van der Waals surface area contributed by atoms with E-state index in [2.05, 4.69) is 11.6 Å². The average Bonchev–Trinajstić information content (AvgIpc) is 3.26. The van der Waals surface area contributed by atoms with Gasteiger partial charge in [0.25, 0.3) is 11.5 Å². The Kier molecular flexibility index (Phi) is 3.11. The van der Waals surface area contributed by atoms with Crippen LogP contribution in [0.2, 0.25) is 0 Å². The fourth-order valence-corrected chi connectivity index (χ4v) is 4.55. The summed E-state index contributed by atoms with van der Waals surface area (Å²) in [4.78, 5) is 33.0. The van der Waals surface area contributed by atoms with Crippen molar-refractivity contribution in [3.8, 4) is 0 Å². The number of benzene rings is 2. The molecule has 0 fully saturated rings. The quantitative estimate of drug-likeness (QED) is 0.516. The fourth-order valence-electron chi connectivity index (χ4n) is 3.47. The molecule has 0 unspecified atom stereocenters. The molecule has 5 nitrogen and oxygen atoms in total. The summed E-state index contributed by atoms with van der Waals surface area (Å²) in [6.45, 7) is 4.13. The number of hydrogen-bond donors (Lipinski definition) is 0. The van der Waals surface area contributed by atoms with Crippen LogP contribution in [0.5, 0.6) is 0 Å². The molecule has 126 valence electrons. The normalized spacial score (nSPS) is 15.8. The molecule has 0 spiro atoms. The Bertz CT molecular complexity index is 1330. The molecule has 5 rings (SSSR count). The molecule has 0 atom stereocenters.